The minimum atomic E-state index is -0.749. The van der Waals surface area contributed by atoms with E-state index >= 15 is 0 Å². The molecule has 0 amide bonds. The molecule has 1 aliphatic carbocycles. The van der Waals surface area contributed by atoms with Gasteiger partial charge >= 0.3 is 0 Å². The molecule has 88 valence electrons. The smallest absolute Gasteiger partial charge is 0.159 e. The van der Waals surface area contributed by atoms with Crippen molar-refractivity contribution >= 4 is 0 Å². The second-order valence-electron chi connectivity index (χ2n) is 5.14. The zero-order valence-electron chi connectivity index (χ0n) is 9.84. The van der Waals surface area contributed by atoms with E-state index < -0.39 is 11.6 Å². The highest BCUT2D eigenvalue weighted by molar-refractivity contribution is 5.22. The van der Waals surface area contributed by atoms with E-state index in [1.807, 2.05) is 0 Å². The molecule has 1 saturated carbocycles. The highest BCUT2D eigenvalue weighted by Crippen LogP contribution is 2.39. The van der Waals surface area contributed by atoms with E-state index in [2.05, 4.69) is 13.8 Å². The van der Waals surface area contributed by atoms with Crippen molar-refractivity contribution in [1.82, 2.24) is 0 Å². The molecule has 0 bridgehead atoms. The molecule has 2 heteroatoms. The molecule has 0 nitrogen and oxygen atoms in total. The summed E-state index contributed by atoms with van der Waals surface area (Å²) in [6.45, 7) is 4.52. The van der Waals surface area contributed by atoms with Crippen LogP contribution in [0.15, 0.2) is 18.2 Å². The molecule has 1 aromatic carbocycles. The van der Waals surface area contributed by atoms with E-state index in [0.717, 1.165) is 24.3 Å². The SMILES string of the molecule is CC1CCC(c2ccc(F)c(F)c2)CC1C. The largest absolute Gasteiger partial charge is 0.204 e. The van der Waals surface area contributed by atoms with Crippen LogP contribution in [0, 0.1) is 23.5 Å². The topological polar surface area (TPSA) is 0 Å². The molecule has 0 radical (unpaired) electrons. The predicted octanol–water partition coefficient (Wildman–Crippen LogP) is 4.50. The molecule has 16 heavy (non-hydrogen) atoms. The number of halogens is 2. The van der Waals surface area contributed by atoms with Crippen molar-refractivity contribution < 1.29 is 8.78 Å². The van der Waals surface area contributed by atoms with Crippen LogP contribution in [-0.4, -0.2) is 0 Å². The van der Waals surface area contributed by atoms with Crippen LogP contribution in [0.2, 0.25) is 0 Å². The zero-order chi connectivity index (χ0) is 11.7. The predicted molar refractivity (Wildman–Crippen MR) is 61.3 cm³/mol. The van der Waals surface area contributed by atoms with Crippen molar-refractivity contribution in [3.8, 4) is 0 Å². The van der Waals surface area contributed by atoms with E-state index in [0.29, 0.717) is 11.8 Å². The quantitative estimate of drug-likeness (QED) is 0.658. The molecule has 3 unspecified atom stereocenters. The van der Waals surface area contributed by atoms with E-state index in [9.17, 15) is 8.78 Å². The molecule has 3 atom stereocenters. The van der Waals surface area contributed by atoms with Crippen LogP contribution in [0.25, 0.3) is 0 Å². The van der Waals surface area contributed by atoms with Crippen molar-refractivity contribution in [2.75, 3.05) is 0 Å². The van der Waals surface area contributed by atoms with Gasteiger partial charge in [0, 0.05) is 0 Å². The molecule has 0 spiro atoms. The summed E-state index contributed by atoms with van der Waals surface area (Å²) in [5.74, 6) is 0.361. The molecule has 0 aromatic heterocycles. The van der Waals surface area contributed by atoms with Crippen LogP contribution in [0.1, 0.15) is 44.6 Å². The Bertz CT molecular complexity index is 373. The summed E-state index contributed by atoms with van der Waals surface area (Å²) < 4.78 is 26.0. The number of benzene rings is 1. The zero-order valence-corrected chi connectivity index (χ0v) is 9.84. The summed E-state index contributed by atoms with van der Waals surface area (Å²) in [5.41, 5.74) is 0.956. The van der Waals surface area contributed by atoms with Crippen molar-refractivity contribution in [1.29, 1.82) is 0 Å². The van der Waals surface area contributed by atoms with Crippen molar-refractivity contribution in [2.24, 2.45) is 11.8 Å². The average molecular weight is 224 g/mol. The first-order chi connectivity index (χ1) is 7.58. The Kier molecular flexibility index (Phi) is 3.27. The van der Waals surface area contributed by atoms with Gasteiger partial charge in [0.25, 0.3) is 0 Å². The van der Waals surface area contributed by atoms with Gasteiger partial charge < -0.3 is 0 Å². The lowest BCUT2D eigenvalue weighted by Gasteiger charge is -2.32. The maximum atomic E-state index is 13.1. The van der Waals surface area contributed by atoms with Crippen molar-refractivity contribution in [3.05, 3.63) is 35.4 Å². The Hall–Kier alpha value is -0.920. The lowest BCUT2D eigenvalue weighted by atomic mass is 9.73. The van der Waals surface area contributed by atoms with Gasteiger partial charge in [0.05, 0.1) is 0 Å². The van der Waals surface area contributed by atoms with Crippen molar-refractivity contribution in [3.63, 3.8) is 0 Å². The van der Waals surface area contributed by atoms with Crippen LogP contribution < -0.4 is 0 Å². The summed E-state index contributed by atoms with van der Waals surface area (Å²) in [7, 11) is 0. The van der Waals surface area contributed by atoms with Crippen LogP contribution in [-0.2, 0) is 0 Å². The maximum Gasteiger partial charge on any atom is 0.159 e. The number of hydrogen-bond donors (Lipinski definition) is 0. The van der Waals surface area contributed by atoms with E-state index in [-0.39, 0.29) is 0 Å². The van der Waals surface area contributed by atoms with Gasteiger partial charge in [-0.15, -0.1) is 0 Å². The Morgan fingerprint density at radius 2 is 1.75 bits per heavy atom. The molecule has 0 aliphatic heterocycles. The molecule has 1 aromatic rings. The Balaban J connectivity index is 2.15. The third-order valence-electron chi connectivity index (χ3n) is 4.01. The minimum absolute atomic E-state index is 0.404. The summed E-state index contributed by atoms with van der Waals surface area (Å²) in [4.78, 5) is 0. The third kappa shape index (κ3) is 2.26. The van der Waals surface area contributed by atoms with Crippen LogP contribution in [0.5, 0.6) is 0 Å². The molecular formula is C14H18F2. The van der Waals surface area contributed by atoms with Crippen LogP contribution in [0.4, 0.5) is 8.78 Å². The average Bonchev–Trinajstić information content (AvgIpc) is 2.26. The fourth-order valence-electron chi connectivity index (χ4n) is 2.62. The summed E-state index contributed by atoms with van der Waals surface area (Å²) in [6, 6.07) is 4.34. The van der Waals surface area contributed by atoms with Gasteiger partial charge in [-0.25, -0.2) is 8.78 Å². The van der Waals surface area contributed by atoms with Gasteiger partial charge in [-0.3, -0.25) is 0 Å². The Morgan fingerprint density at radius 3 is 2.38 bits per heavy atom. The Morgan fingerprint density at radius 1 is 1.00 bits per heavy atom. The standard InChI is InChI=1S/C14H18F2/c1-9-3-4-11(7-10(9)2)12-5-6-13(15)14(16)8-12/h5-6,8-11H,3-4,7H2,1-2H3. The van der Waals surface area contributed by atoms with Gasteiger partial charge in [-0.1, -0.05) is 19.9 Å². The maximum absolute atomic E-state index is 13.1. The molecule has 0 saturated heterocycles. The third-order valence-corrected chi connectivity index (χ3v) is 4.01. The van der Waals surface area contributed by atoms with Crippen LogP contribution >= 0.6 is 0 Å². The molecule has 0 heterocycles. The first-order valence-electron chi connectivity index (χ1n) is 6.03. The van der Waals surface area contributed by atoms with Crippen molar-refractivity contribution in [2.45, 2.75) is 39.0 Å². The first kappa shape index (κ1) is 11.6. The highest BCUT2D eigenvalue weighted by atomic mass is 19.2. The molecule has 0 N–H and O–H groups in total. The van der Waals surface area contributed by atoms with Gasteiger partial charge in [0.1, 0.15) is 0 Å². The summed E-state index contributed by atoms with van der Waals surface area (Å²) in [5, 5.41) is 0. The monoisotopic (exact) mass is 224 g/mol. The van der Waals surface area contributed by atoms with E-state index in [1.165, 1.54) is 18.6 Å². The number of rotatable bonds is 1. The normalized spacial score (nSPS) is 30.4. The van der Waals surface area contributed by atoms with Gasteiger partial charge in [0.15, 0.2) is 11.6 Å². The fourth-order valence-corrected chi connectivity index (χ4v) is 2.62. The molecule has 1 fully saturated rings. The molecule has 2 rings (SSSR count). The first-order valence-corrected chi connectivity index (χ1v) is 6.03. The lowest BCUT2D eigenvalue weighted by molar-refractivity contribution is 0.250. The Labute approximate surface area is 95.7 Å². The van der Waals surface area contributed by atoms with Gasteiger partial charge in [-0.05, 0) is 54.7 Å². The molecule has 1 aliphatic rings. The fraction of sp³-hybridized carbons (Fsp3) is 0.571. The second-order valence-corrected chi connectivity index (χ2v) is 5.14. The van der Waals surface area contributed by atoms with Gasteiger partial charge in [-0.2, -0.15) is 0 Å². The lowest BCUT2D eigenvalue weighted by Crippen LogP contribution is -2.19. The molecular weight excluding hydrogens is 206 g/mol. The van der Waals surface area contributed by atoms with E-state index in [1.54, 1.807) is 6.07 Å². The summed E-state index contributed by atoms with van der Waals surface area (Å²) in [6.07, 6.45) is 3.37. The van der Waals surface area contributed by atoms with E-state index in [4.69, 9.17) is 0 Å². The minimum Gasteiger partial charge on any atom is -0.204 e. The number of hydrogen-bond acceptors (Lipinski definition) is 0. The second kappa shape index (κ2) is 4.52. The highest BCUT2D eigenvalue weighted by Gasteiger charge is 2.25. The summed E-state index contributed by atoms with van der Waals surface area (Å²) >= 11 is 0. The van der Waals surface area contributed by atoms with Crippen LogP contribution in [0.3, 0.4) is 0 Å². The van der Waals surface area contributed by atoms with Gasteiger partial charge in [0.2, 0.25) is 0 Å².